The van der Waals surface area contributed by atoms with Crippen molar-refractivity contribution in [1.82, 2.24) is 0 Å². The zero-order valence-electron chi connectivity index (χ0n) is 17.5. The van der Waals surface area contributed by atoms with E-state index in [0.29, 0.717) is 11.5 Å². The molecule has 0 radical (unpaired) electrons. The summed E-state index contributed by atoms with van der Waals surface area (Å²) in [5.41, 5.74) is 2.38. The highest BCUT2D eigenvalue weighted by atomic mass is 79.9. The Morgan fingerprint density at radius 1 is 0.741 bits per heavy atom. The zero-order valence-corrected chi connectivity index (χ0v) is 19.1. The molecule has 0 amide bonds. The van der Waals surface area contributed by atoms with Gasteiger partial charge < -0.3 is 19.7 Å². The Bertz CT molecular complexity index is 771. The highest BCUT2D eigenvalue weighted by molar-refractivity contribution is 9.10. The second-order valence-electron chi connectivity index (χ2n) is 8.39. The maximum absolute atomic E-state index is 9.53. The third kappa shape index (κ3) is 6.35. The van der Waals surface area contributed by atoms with Crippen molar-refractivity contribution in [3.8, 4) is 23.0 Å². The van der Waals surface area contributed by atoms with E-state index < -0.39 is 0 Å². The molecule has 2 N–H and O–H groups in total. The minimum Gasteiger partial charge on any atom is -0.504 e. The quantitative estimate of drug-likeness (QED) is 0.589. The van der Waals surface area contributed by atoms with Crippen LogP contribution in [0.25, 0.3) is 0 Å². The molecule has 27 heavy (non-hydrogen) atoms. The number of hydrogen-bond acceptors (Lipinski definition) is 4. The molecule has 0 saturated carbocycles. The molecule has 0 aliphatic heterocycles. The number of hydrogen-bond donors (Lipinski definition) is 2. The average Bonchev–Trinajstić information content (AvgIpc) is 2.53. The Morgan fingerprint density at radius 3 is 1.70 bits per heavy atom. The lowest BCUT2D eigenvalue weighted by Crippen LogP contribution is -2.12. The van der Waals surface area contributed by atoms with Crippen LogP contribution in [0.5, 0.6) is 23.0 Å². The first-order chi connectivity index (χ1) is 12.3. The van der Waals surface area contributed by atoms with E-state index in [2.05, 4.69) is 57.5 Å². The molecule has 0 heterocycles. The van der Waals surface area contributed by atoms with E-state index in [1.807, 2.05) is 18.2 Å². The van der Waals surface area contributed by atoms with E-state index in [0.717, 1.165) is 15.6 Å². The molecule has 0 unspecified atom stereocenters. The van der Waals surface area contributed by atoms with Crippen LogP contribution in [-0.2, 0) is 10.8 Å². The summed E-state index contributed by atoms with van der Waals surface area (Å²) < 4.78 is 11.0. The first-order valence-corrected chi connectivity index (χ1v) is 9.55. The molecule has 0 bridgehead atoms. The first-order valence-electron chi connectivity index (χ1n) is 8.75. The van der Waals surface area contributed by atoms with Crippen molar-refractivity contribution in [3.05, 3.63) is 45.9 Å². The molecule has 4 nitrogen and oxygen atoms in total. The Hall–Kier alpha value is -1.88. The summed E-state index contributed by atoms with van der Waals surface area (Å²) in [6, 6.07) is 8.98. The van der Waals surface area contributed by atoms with Gasteiger partial charge in [-0.25, -0.2) is 0 Å². The molecule has 150 valence electrons. The number of halogens is 1. The highest BCUT2D eigenvalue weighted by Gasteiger charge is 2.19. The summed E-state index contributed by atoms with van der Waals surface area (Å²) in [4.78, 5) is 0. The van der Waals surface area contributed by atoms with Crippen LogP contribution in [0, 0.1) is 0 Å². The fraction of sp³-hybridized carbons (Fsp3) is 0.455. The van der Waals surface area contributed by atoms with Crippen LogP contribution in [0.15, 0.2) is 34.8 Å². The summed E-state index contributed by atoms with van der Waals surface area (Å²) in [6.45, 7) is 12.7. The number of rotatable bonds is 2. The minimum absolute atomic E-state index is 0.0276. The molecular formula is C22H31BrO4. The van der Waals surface area contributed by atoms with Crippen molar-refractivity contribution >= 4 is 15.9 Å². The van der Waals surface area contributed by atoms with Crippen molar-refractivity contribution in [2.75, 3.05) is 14.2 Å². The largest absolute Gasteiger partial charge is 0.504 e. The van der Waals surface area contributed by atoms with Crippen LogP contribution in [0.2, 0.25) is 0 Å². The molecule has 0 aromatic heterocycles. The molecule has 2 aromatic carbocycles. The van der Waals surface area contributed by atoms with E-state index in [1.54, 1.807) is 26.4 Å². The zero-order chi connectivity index (χ0) is 21.0. The van der Waals surface area contributed by atoms with Crippen LogP contribution in [0.4, 0.5) is 0 Å². The van der Waals surface area contributed by atoms with Crippen molar-refractivity contribution < 1.29 is 19.7 Å². The van der Waals surface area contributed by atoms with Crippen LogP contribution >= 0.6 is 15.9 Å². The first kappa shape index (κ1) is 23.2. The number of ether oxygens (including phenoxy) is 2. The fourth-order valence-electron chi connectivity index (χ4n) is 2.43. The summed E-state index contributed by atoms with van der Waals surface area (Å²) in [6.07, 6.45) is 0. The van der Waals surface area contributed by atoms with Gasteiger partial charge in [0.1, 0.15) is 0 Å². The fourth-order valence-corrected chi connectivity index (χ4v) is 3.35. The van der Waals surface area contributed by atoms with E-state index in [9.17, 15) is 10.2 Å². The molecule has 0 fully saturated rings. The Labute approximate surface area is 171 Å². The number of benzene rings is 2. The SMILES string of the molecule is COc1cc(C(C)(C)C)c(Br)cc1O.COc1cc(C(C)(C)C)ccc1O. The second kappa shape index (κ2) is 8.87. The van der Waals surface area contributed by atoms with E-state index in [4.69, 9.17) is 9.47 Å². The van der Waals surface area contributed by atoms with Gasteiger partial charge in [0.25, 0.3) is 0 Å². The highest BCUT2D eigenvalue weighted by Crippen LogP contribution is 2.38. The Balaban J connectivity index is 0.000000271. The van der Waals surface area contributed by atoms with E-state index >= 15 is 0 Å². The van der Waals surface area contributed by atoms with Crippen LogP contribution < -0.4 is 9.47 Å². The maximum atomic E-state index is 9.53. The molecule has 0 spiro atoms. The molecule has 2 rings (SSSR count). The topological polar surface area (TPSA) is 58.9 Å². The molecule has 0 saturated heterocycles. The second-order valence-corrected chi connectivity index (χ2v) is 9.24. The van der Waals surface area contributed by atoms with Gasteiger partial charge in [-0.15, -0.1) is 0 Å². The molecule has 5 heteroatoms. The van der Waals surface area contributed by atoms with Gasteiger partial charge >= 0.3 is 0 Å². The third-order valence-electron chi connectivity index (χ3n) is 4.12. The van der Waals surface area contributed by atoms with E-state index in [1.165, 1.54) is 0 Å². The van der Waals surface area contributed by atoms with Crippen molar-refractivity contribution in [2.45, 2.75) is 52.4 Å². The predicted octanol–water partition coefficient (Wildman–Crippen LogP) is 6.16. The molecule has 2 aromatic rings. The molecule has 0 atom stereocenters. The van der Waals surface area contributed by atoms with Gasteiger partial charge in [-0.2, -0.15) is 0 Å². The van der Waals surface area contributed by atoms with Crippen molar-refractivity contribution in [2.24, 2.45) is 0 Å². The lowest BCUT2D eigenvalue weighted by atomic mass is 9.87. The Kier molecular flexibility index (Phi) is 7.61. The normalized spacial score (nSPS) is 11.4. The summed E-state index contributed by atoms with van der Waals surface area (Å²) in [5.74, 6) is 1.40. The smallest absolute Gasteiger partial charge is 0.160 e. The van der Waals surface area contributed by atoms with Crippen molar-refractivity contribution in [1.29, 1.82) is 0 Å². The van der Waals surface area contributed by atoms with Gasteiger partial charge in [0.05, 0.1) is 14.2 Å². The lowest BCUT2D eigenvalue weighted by Gasteiger charge is -2.21. The van der Waals surface area contributed by atoms with Gasteiger partial charge in [0.2, 0.25) is 0 Å². The average molecular weight is 439 g/mol. The summed E-state index contributed by atoms with van der Waals surface area (Å²) in [7, 11) is 3.11. The Morgan fingerprint density at radius 2 is 1.26 bits per heavy atom. The molecule has 0 aliphatic carbocycles. The van der Waals surface area contributed by atoms with Gasteiger partial charge in [-0.05, 0) is 46.2 Å². The van der Waals surface area contributed by atoms with Crippen LogP contribution in [0.1, 0.15) is 52.7 Å². The standard InChI is InChI=1S/C11H15BrO2.C11H16O2/c1-11(2,3)7-5-10(14-4)9(13)6-8(7)12;1-11(2,3)8-5-6-9(12)10(7-8)13-4/h5-6,13H,1-4H3;5-7,12H,1-4H3. The van der Waals surface area contributed by atoms with Gasteiger partial charge in [0, 0.05) is 4.47 Å². The van der Waals surface area contributed by atoms with Gasteiger partial charge in [-0.3, -0.25) is 0 Å². The number of methoxy groups -OCH3 is 2. The summed E-state index contributed by atoms with van der Waals surface area (Å²) in [5, 5.41) is 18.9. The van der Waals surface area contributed by atoms with E-state index in [-0.39, 0.29) is 22.3 Å². The van der Waals surface area contributed by atoms with Crippen LogP contribution in [0.3, 0.4) is 0 Å². The van der Waals surface area contributed by atoms with Gasteiger partial charge in [0.15, 0.2) is 23.0 Å². The number of phenolic OH excluding ortho intramolecular Hbond substituents is 2. The van der Waals surface area contributed by atoms with Crippen molar-refractivity contribution in [3.63, 3.8) is 0 Å². The predicted molar refractivity (Wildman–Crippen MR) is 114 cm³/mol. The van der Waals surface area contributed by atoms with Crippen LogP contribution in [-0.4, -0.2) is 24.4 Å². The summed E-state index contributed by atoms with van der Waals surface area (Å²) >= 11 is 3.43. The maximum Gasteiger partial charge on any atom is 0.160 e. The minimum atomic E-state index is 0.0276. The third-order valence-corrected chi connectivity index (χ3v) is 4.78. The lowest BCUT2D eigenvalue weighted by molar-refractivity contribution is 0.371. The number of aromatic hydroxyl groups is 2. The molecular weight excluding hydrogens is 408 g/mol. The number of phenols is 2. The van der Waals surface area contributed by atoms with Gasteiger partial charge in [-0.1, -0.05) is 63.5 Å². The molecule has 0 aliphatic rings. The monoisotopic (exact) mass is 438 g/mol.